The third kappa shape index (κ3) is 3.01. The van der Waals surface area contributed by atoms with Gasteiger partial charge < -0.3 is 9.13 Å². The van der Waals surface area contributed by atoms with Crippen molar-refractivity contribution >= 4 is 43.6 Å². The SMILES string of the molecule is [2H]c1c([2H])c([2H])c(-c2c([2H])c([2H])c([2H])c([2H])c2-n2c3ccccc3c3cc(-n4c5ccccc5c5c([2H])c([2H])c([2H])c([2H])c54)ccc32)c([2H])c1[2H]. The van der Waals surface area contributed by atoms with Crippen molar-refractivity contribution < 1.29 is 17.8 Å². The highest BCUT2D eigenvalue weighted by atomic mass is 15.0. The molecule has 0 aliphatic heterocycles. The highest BCUT2D eigenvalue weighted by molar-refractivity contribution is 6.12. The van der Waals surface area contributed by atoms with Gasteiger partial charge in [-0.15, -0.1) is 0 Å². The van der Waals surface area contributed by atoms with E-state index in [0.717, 1.165) is 0 Å². The number of para-hydroxylation sites is 4. The third-order valence-electron chi connectivity index (χ3n) is 6.86. The number of benzene rings is 6. The van der Waals surface area contributed by atoms with E-state index in [1.807, 2.05) is 36.4 Å². The van der Waals surface area contributed by atoms with E-state index in [9.17, 15) is 0 Å². The van der Waals surface area contributed by atoms with Gasteiger partial charge in [-0.3, -0.25) is 0 Å². The molecule has 6 aromatic carbocycles. The Labute approximate surface area is 238 Å². The predicted octanol–water partition coefficient (Wildman–Crippen LogP) is 9.55. The first-order chi connectivity index (χ1) is 24.3. The highest BCUT2D eigenvalue weighted by Crippen LogP contribution is 2.38. The van der Waals surface area contributed by atoms with Gasteiger partial charge in [-0.05, 0) is 48.0 Å². The van der Waals surface area contributed by atoms with E-state index in [0.29, 0.717) is 49.3 Å². The summed E-state index contributed by atoms with van der Waals surface area (Å²) in [4.78, 5) is 0. The summed E-state index contributed by atoms with van der Waals surface area (Å²) >= 11 is 0. The van der Waals surface area contributed by atoms with E-state index < -0.39 is 54.4 Å². The Morgan fingerprint density at radius 1 is 0.447 bits per heavy atom. The molecule has 0 unspecified atom stereocenters. The molecule has 0 atom stereocenters. The molecule has 0 spiro atoms. The maximum Gasteiger partial charge on any atom is 0.0645 e. The summed E-state index contributed by atoms with van der Waals surface area (Å²) in [7, 11) is 0. The molecule has 38 heavy (non-hydrogen) atoms. The van der Waals surface area contributed by atoms with Gasteiger partial charge in [0.2, 0.25) is 0 Å². The molecule has 0 radical (unpaired) electrons. The Balaban J connectivity index is 1.52. The third-order valence-corrected chi connectivity index (χ3v) is 6.86. The minimum absolute atomic E-state index is 0.0931. The summed E-state index contributed by atoms with van der Waals surface area (Å²) in [6, 6.07) is 13.4. The molecule has 0 amide bonds. The Kier molecular flexibility index (Phi) is 2.59. The molecule has 0 aliphatic carbocycles. The molecule has 0 N–H and O–H groups in total. The summed E-state index contributed by atoms with van der Waals surface area (Å²) in [5, 5.41) is 2.33. The summed E-state index contributed by atoms with van der Waals surface area (Å²) in [6.45, 7) is 0. The zero-order valence-electron chi connectivity index (χ0n) is 32.7. The minimum Gasteiger partial charge on any atom is -0.309 e. The molecule has 0 bridgehead atoms. The van der Waals surface area contributed by atoms with Crippen LogP contribution in [0.15, 0.2) is 145 Å². The molecule has 8 aromatic rings. The first-order valence-electron chi connectivity index (χ1n) is 18.5. The minimum atomic E-state index is -0.639. The fourth-order valence-corrected chi connectivity index (χ4v) is 5.31. The summed E-state index contributed by atoms with van der Waals surface area (Å²) in [5.74, 6) is 0. The van der Waals surface area contributed by atoms with Crippen LogP contribution < -0.4 is 0 Å². The summed E-state index contributed by atoms with van der Waals surface area (Å²) in [6.07, 6.45) is 0. The zero-order valence-corrected chi connectivity index (χ0v) is 19.7. The lowest BCUT2D eigenvalue weighted by atomic mass is 10.0. The van der Waals surface area contributed by atoms with Crippen LogP contribution in [0.1, 0.15) is 17.8 Å². The van der Waals surface area contributed by atoms with Crippen molar-refractivity contribution in [1.82, 2.24) is 9.13 Å². The van der Waals surface area contributed by atoms with Crippen LogP contribution in [0, 0.1) is 0 Å². The van der Waals surface area contributed by atoms with Crippen molar-refractivity contribution in [1.29, 1.82) is 0 Å². The molecular weight excluding hydrogens is 460 g/mol. The van der Waals surface area contributed by atoms with Crippen LogP contribution in [-0.2, 0) is 0 Å². The molecule has 178 valence electrons. The van der Waals surface area contributed by atoms with Crippen LogP contribution in [0.25, 0.3) is 66.1 Å². The maximum absolute atomic E-state index is 9.12. The van der Waals surface area contributed by atoms with Gasteiger partial charge in [0.15, 0.2) is 0 Å². The lowest BCUT2D eigenvalue weighted by Crippen LogP contribution is -1.97. The first kappa shape index (κ1) is 12.0. The van der Waals surface area contributed by atoms with E-state index in [-0.39, 0.29) is 41.0 Å². The lowest BCUT2D eigenvalue weighted by Gasteiger charge is -2.14. The molecule has 2 nitrogen and oxygen atoms in total. The van der Waals surface area contributed by atoms with E-state index in [1.54, 1.807) is 39.5 Å². The van der Waals surface area contributed by atoms with Gasteiger partial charge >= 0.3 is 0 Å². The molecule has 2 aromatic heterocycles. The predicted molar refractivity (Wildman–Crippen MR) is 161 cm³/mol. The van der Waals surface area contributed by atoms with Crippen molar-refractivity contribution in [3.05, 3.63) is 145 Å². The number of nitrogens with zero attached hydrogens (tertiary/aromatic N) is 2. The Hall–Kier alpha value is -5.08. The molecule has 0 saturated carbocycles. The molecular formula is C36H24N2. The second-order valence-corrected chi connectivity index (χ2v) is 8.85. The van der Waals surface area contributed by atoms with Gasteiger partial charge in [0.25, 0.3) is 0 Å². The van der Waals surface area contributed by atoms with Crippen LogP contribution in [0.2, 0.25) is 0 Å². The van der Waals surface area contributed by atoms with Crippen LogP contribution in [0.5, 0.6) is 0 Å². The average Bonchev–Trinajstić information content (AvgIpc) is 3.66. The monoisotopic (exact) mass is 497 g/mol. The van der Waals surface area contributed by atoms with Crippen molar-refractivity contribution in [3.8, 4) is 22.5 Å². The van der Waals surface area contributed by atoms with Crippen LogP contribution in [-0.4, -0.2) is 9.13 Å². The molecule has 2 heterocycles. The molecule has 0 aliphatic rings. The molecule has 8 rings (SSSR count). The van der Waals surface area contributed by atoms with Crippen LogP contribution in [0.3, 0.4) is 0 Å². The molecule has 2 heteroatoms. The molecule has 0 saturated heterocycles. The lowest BCUT2D eigenvalue weighted by molar-refractivity contribution is 1.17. The summed E-state index contributed by atoms with van der Waals surface area (Å²) in [5.41, 5.74) is 1.84. The van der Waals surface area contributed by atoms with Gasteiger partial charge in [-0.1, -0.05) is 103 Å². The fraction of sp³-hybridized carbons (Fsp3) is 0. The molecule has 0 fully saturated rings. The number of aromatic nitrogens is 2. The topological polar surface area (TPSA) is 9.86 Å². The fourth-order valence-electron chi connectivity index (χ4n) is 5.31. The van der Waals surface area contributed by atoms with Crippen molar-refractivity contribution in [2.24, 2.45) is 0 Å². The number of hydrogen-bond acceptors (Lipinski definition) is 0. The first-order valence-corrected chi connectivity index (χ1v) is 12.0. The average molecular weight is 498 g/mol. The van der Waals surface area contributed by atoms with E-state index >= 15 is 0 Å². The van der Waals surface area contributed by atoms with Crippen molar-refractivity contribution in [2.75, 3.05) is 0 Å². The Morgan fingerprint density at radius 3 is 1.92 bits per heavy atom. The number of hydrogen-bond donors (Lipinski definition) is 0. The second kappa shape index (κ2) is 8.22. The van der Waals surface area contributed by atoms with E-state index in [2.05, 4.69) is 0 Å². The summed E-state index contributed by atoms with van der Waals surface area (Å²) < 4.78 is 115. The maximum atomic E-state index is 9.12. The standard InChI is InChI=1S/C36H24N2/c1-2-12-25(13-3-1)27-14-4-8-18-32(27)38-35-21-11-7-17-30(35)31-24-26(22-23-36(31)38)37-33-19-9-5-15-28(33)29-16-6-10-20-34(29)37/h1-24H/i1D,2D,3D,4D,5D,8D,9D,12D,13D,14D,15D,18D,19D. The van der Waals surface area contributed by atoms with Gasteiger partial charge in [-0.2, -0.15) is 0 Å². The second-order valence-electron chi connectivity index (χ2n) is 8.85. The number of rotatable bonds is 3. The largest absolute Gasteiger partial charge is 0.309 e. The highest BCUT2D eigenvalue weighted by Gasteiger charge is 2.17. The van der Waals surface area contributed by atoms with E-state index in [1.165, 1.54) is 0 Å². The van der Waals surface area contributed by atoms with Crippen LogP contribution >= 0.6 is 0 Å². The van der Waals surface area contributed by atoms with Gasteiger partial charge in [0, 0.05) is 32.8 Å². The quantitative estimate of drug-likeness (QED) is 0.230. The smallest absolute Gasteiger partial charge is 0.0645 e. The van der Waals surface area contributed by atoms with Gasteiger partial charge in [-0.25, -0.2) is 0 Å². The Bertz CT molecular complexity index is 2820. The zero-order chi connectivity index (χ0) is 36.4. The number of fused-ring (bicyclic) bond motifs is 6. The normalized spacial score (nSPS) is 16.5. The van der Waals surface area contributed by atoms with E-state index in [4.69, 9.17) is 17.8 Å². The Morgan fingerprint density at radius 2 is 1.08 bits per heavy atom. The van der Waals surface area contributed by atoms with Crippen LogP contribution in [0.4, 0.5) is 0 Å². The van der Waals surface area contributed by atoms with Crippen molar-refractivity contribution in [2.45, 2.75) is 0 Å². The van der Waals surface area contributed by atoms with Gasteiger partial charge in [0.1, 0.15) is 0 Å². The van der Waals surface area contributed by atoms with Gasteiger partial charge in [0.05, 0.1) is 45.6 Å². The van der Waals surface area contributed by atoms with Crippen molar-refractivity contribution in [3.63, 3.8) is 0 Å².